The second-order valence-electron chi connectivity index (χ2n) is 7.19. The third-order valence-corrected chi connectivity index (χ3v) is 4.98. The molecule has 1 aliphatic carbocycles. The highest BCUT2D eigenvalue weighted by molar-refractivity contribution is 5.91. The average molecular weight is 361 g/mol. The zero-order valence-corrected chi connectivity index (χ0v) is 14.4. The number of piperidine rings is 1. The van der Waals surface area contributed by atoms with Crippen molar-refractivity contribution in [1.29, 1.82) is 0 Å². The van der Waals surface area contributed by atoms with Gasteiger partial charge >= 0.3 is 0 Å². The fourth-order valence-electron chi connectivity index (χ4n) is 3.41. The van der Waals surface area contributed by atoms with E-state index >= 15 is 0 Å². The van der Waals surface area contributed by atoms with E-state index in [1.807, 2.05) is 0 Å². The van der Waals surface area contributed by atoms with Crippen LogP contribution in [0.15, 0.2) is 28.8 Å². The van der Waals surface area contributed by atoms with Gasteiger partial charge in [0.05, 0.1) is 5.69 Å². The molecule has 1 saturated heterocycles. The Hall–Kier alpha value is -2.28. The maximum atomic E-state index is 13.4. The lowest BCUT2D eigenvalue weighted by atomic mass is 9.94. The molecule has 2 aliphatic rings. The predicted octanol–water partition coefficient (Wildman–Crippen LogP) is 3.22. The molecule has 2 fully saturated rings. The van der Waals surface area contributed by atoms with Gasteiger partial charge in [-0.05, 0) is 49.9 Å². The molecule has 1 amide bonds. The second-order valence-corrected chi connectivity index (χ2v) is 7.19. The van der Waals surface area contributed by atoms with Gasteiger partial charge in [-0.25, -0.2) is 8.78 Å². The molecule has 2 aromatic rings. The first-order valence-corrected chi connectivity index (χ1v) is 9.02. The summed E-state index contributed by atoms with van der Waals surface area (Å²) in [5.41, 5.74) is 1.52. The molecule has 0 spiro atoms. The number of benzene rings is 1. The lowest BCUT2D eigenvalue weighted by Crippen LogP contribution is -2.34. The molecule has 1 saturated carbocycles. The number of likely N-dealkylation sites (tertiary alicyclic amines) is 1. The van der Waals surface area contributed by atoms with Crippen LogP contribution >= 0.6 is 0 Å². The van der Waals surface area contributed by atoms with Gasteiger partial charge in [-0.3, -0.25) is 9.69 Å². The molecule has 1 atom stereocenters. The molecule has 4 rings (SSSR count). The molecule has 0 bridgehead atoms. The predicted molar refractivity (Wildman–Crippen MR) is 90.6 cm³/mol. The number of amides is 1. The number of carbonyl (C=O) groups is 1. The minimum Gasteiger partial charge on any atom is -0.351 e. The molecule has 0 radical (unpaired) electrons. The van der Waals surface area contributed by atoms with Gasteiger partial charge in [0, 0.05) is 31.1 Å². The summed E-state index contributed by atoms with van der Waals surface area (Å²) in [6.07, 6.45) is 3.98. The maximum absolute atomic E-state index is 13.4. The Bertz CT molecular complexity index is 804. The van der Waals surface area contributed by atoms with Crippen molar-refractivity contribution in [2.24, 2.45) is 0 Å². The van der Waals surface area contributed by atoms with E-state index in [1.54, 1.807) is 12.1 Å². The van der Waals surface area contributed by atoms with Crippen LogP contribution in [0.5, 0.6) is 0 Å². The van der Waals surface area contributed by atoms with Crippen LogP contribution in [0.1, 0.15) is 53.4 Å². The van der Waals surface area contributed by atoms with Gasteiger partial charge < -0.3 is 9.84 Å². The van der Waals surface area contributed by atoms with E-state index < -0.39 is 11.6 Å². The van der Waals surface area contributed by atoms with E-state index in [9.17, 15) is 13.6 Å². The topological polar surface area (TPSA) is 58.4 Å². The van der Waals surface area contributed by atoms with Crippen LogP contribution in [0.4, 0.5) is 8.78 Å². The van der Waals surface area contributed by atoms with E-state index in [-0.39, 0.29) is 23.6 Å². The van der Waals surface area contributed by atoms with Crippen molar-refractivity contribution >= 4 is 5.91 Å². The molecule has 1 N–H and O–H groups in total. The molecule has 1 aromatic heterocycles. The molecule has 2 heterocycles. The highest BCUT2D eigenvalue weighted by atomic mass is 19.2. The number of nitrogens with zero attached hydrogens (tertiary/aromatic N) is 2. The summed E-state index contributed by atoms with van der Waals surface area (Å²) in [4.78, 5) is 14.2. The zero-order chi connectivity index (χ0) is 18.1. The van der Waals surface area contributed by atoms with Gasteiger partial charge in [0.25, 0.3) is 5.91 Å². The number of hydrogen-bond acceptors (Lipinski definition) is 4. The lowest BCUT2D eigenvalue weighted by Gasteiger charge is -2.31. The van der Waals surface area contributed by atoms with Gasteiger partial charge in [-0.2, -0.15) is 0 Å². The third-order valence-electron chi connectivity index (χ3n) is 4.98. The van der Waals surface area contributed by atoms with E-state index in [1.165, 1.54) is 6.07 Å². The fourth-order valence-corrected chi connectivity index (χ4v) is 3.41. The minimum absolute atomic E-state index is 0.167. The van der Waals surface area contributed by atoms with Gasteiger partial charge in [0.2, 0.25) is 5.76 Å². The van der Waals surface area contributed by atoms with Gasteiger partial charge in [0.1, 0.15) is 0 Å². The Morgan fingerprint density at radius 1 is 1.23 bits per heavy atom. The summed E-state index contributed by atoms with van der Waals surface area (Å²) in [5.74, 6) is -1.44. The average Bonchev–Trinajstić information content (AvgIpc) is 3.30. The molecule has 1 aromatic carbocycles. The molecule has 0 unspecified atom stereocenters. The minimum atomic E-state index is -0.829. The molecular weight excluding hydrogens is 340 g/mol. The SMILES string of the molecule is O=C(NC1CC1)c1cc([C@H]2CCCN(Cc3ccc(F)c(F)c3)C2)no1. The highest BCUT2D eigenvalue weighted by Gasteiger charge is 2.28. The number of carbonyl (C=O) groups excluding carboxylic acids is 1. The van der Waals surface area contributed by atoms with E-state index in [0.29, 0.717) is 6.54 Å². The van der Waals surface area contributed by atoms with Crippen LogP contribution in [-0.4, -0.2) is 35.1 Å². The number of hydrogen-bond donors (Lipinski definition) is 1. The van der Waals surface area contributed by atoms with Crippen molar-refractivity contribution in [1.82, 2.24) is 15.4 Å². The molecule has 7 heteroatoms. The van der Waals surface area contributed by atoms with E-state index in [2.05, 4.69) is 15.4 Å². The molecule has 138 valence electrons. The van der Waals surface area contributed by atoms with E-state index in [0.717, 1.165) is 56.1 Å². The first-order valence-electron chi connectivity index (χ1n) is 9.02. The lowest BCUT2D eigenvalue weighted by molar-refractivity contribution is 0.0913. The number of rotatable bonds is 5. The first kappa shape index (κ1) is 17.1. The molecular formula is C19H21F2N3O2. The quantitative estimate of drug-likeness (QED) is 0.888. The van der Waals surface area contributed by atoms with Crippen LogP contribution in [0.25, 0.3) is 0 Å². The summed E-state index contributed by atoms with van der Waals surface area (Å²) in [7, 11) is 0. The Morgan fingerprint density at radius 3 is 2.85 bits per heavy atom. The standard InChI is InChI=1S/C19H21F2N3O2/c20-15-6-3-12(8-16(15)21)10-24-7-1-2-13(11-24)17-9-18(26-23-17)19(25)22-14-4-5-14/h3,6,8-9,13-14H,1-2,4-5,7,10-11H2,(H,22,25)/t13-/m0/s1. The van der Waals surface area contributed by atoms with E-state index in [4.69, 9.17) is 4.52 Å². The number of nitrogens with one attached hydrogen (secondary N) is 1. The second kappa shape index (κ2) is 7.15. The molecule has 1 aliphatic heterocycles. The van der Waals surface area contributed by atoms with Crippen molar-refractivity contribution < 1.29 is 18.1 Å². The third kappa shape index (κ3) is 3.93. The Morgan fingerprint density at radius 2 is 2.08 bits per heavy atom. The van der Waals surface area contributed by atoms with Crippen LogP contribution in [-0.2, 0) is 6.54 Å². The normalized spacial score (nSPS) is 20.9. The van der Waals surface area contributed by atoms with Gasteiger partial charge in [-0.15, -0.1) is 0 Å². The molecule has 26 heavy (non-hydrogen) atoms. The Kier molecular flexibility index (Phi) is 4.72. The van der Waals surface area contributed by atoms with Gasteiger partial charge in [-0.1, -0.05) is 11.2 Å². The summed E-state index contributed by atoms with van der Waals surface area (Å²) >= 11 is 0. The van der Waals surface area contributed by atoms with Crippen molar-refractivity contribution in [3.63, 3.8) is 0 Å². The smallest absolute Gasteiger partial charge is 0.290 e. The number of halogens is 2. The van der Waals surface area contributed by atoms with Crippen LogP contribution in [0.2, 0.25) is 0 Å². The Labute approximate surface area is 150 Å². The van der Waals surface area contributed by atoms with Gasteiger partial charge in [0.15, 0.2) is 11.6 Å². The summed E-state index contributed by atoms with van der Waals surface area (Å²) in [6, 6.07) is 6.02. The maximum Gasteiger partial charge on any atom is 0.290 e. The monoisotopic (exact) mass is 361 g/mol. The fraction of sp³-hybridized carbons (Fsp3) is 0.474. The van der Waals surface area contributed by atoms with Crippen LogP contribution < -0.4 is 5.32 Å². The van der Waals surface area contributed by atoms with Crippen molar-refractivity contribution in [3.05, 3.63) is 52.9 Å². The first-order chi connectivity index (χ1) is 12.6. The van der Waals surface area contributed by atoms with Crippen LogP contribution in [0.3, 0.4) is 0 Å². The van der Waals surface area contributed by atoms with Crippen molar-refractivity contribution in [2.75, 3.05) is 13.1 Å². The van der Waals surface area contributed by atoms with Crippen molar-refractivity contribution in [3.8, 4) is 0 Å². The molecule has 5 nitrogen and oxygen atoms in total. The summed E-state index contributed by atoms with van der Waals surface area (Å²) in [5, 5.41) is 6.97. The number of aromatic nitrogens is 1. The largest absolute Gasteiger partial charge is 0.351 e. The van der Waals surface area contributed by atoms with Crippen LogP contribution in [0, 0.1) is 11.6 Å². The summed E-state index contributed by atoms with van der Waals surface area (Å²) in [6.45, 7) is 2.19. The highest BCUT2D eigenvalue weighted by Crippen LogP contribution is 2.28. The zero-order valence-electron chi connectivity index (χ0n) is 14.4. The summed E-state index contributed by atoms with van der Waals surface area (Å²) < 4.78 is 31.7. The Balaban J connectivity index is 1.39. The van der Waals surface area contributed by atoms with Crippen molar-refractivity contribution in [2.45, 2.75) is 44.2 Å².